The zero-order valence-electron chi connectivity index (χ0n) is 13.0. The first kappa shape index (κ1) is 15.2. The van der Waals surface area contributed by atoms with E-state index in [4.69, 9.17) is 0 Å². The fourth-order valence-electron chi connectivity index (χ4n) is 2.57. The number of fused-ring (bicyclic) bond motifs is 1. The number of aromatic nitrogens is 1. The molecule has 0 radical (unpaired) electrons. The van der Waals surface area contributed by atoms with Gasteiger partial charge in [-0.15, -0.1) is 0 Å². The van der Waals surface area contributed by atoms with Crippen LogP contribution in [0.5, 0.6) is 5.75 Å². The van der Waals surface area contributed by atoms with Crippen LogP contribution in [0, 0.1) is 0 Å². The lowest BCUT2D eigenvalue weighted by molar-refractivity contribution is 0.481. The number of phenolic OH excluding ortho intramolecular Hbond substituents is 1. The minimum atomic E-state index is 0.360. The van der Waals surface area contributed by atoms with Gasteiger partial charge >= 0.3 is 0 Å². The van der Waals surface area contributed by atoms with Crippen molar-refractivity contribution in [2.24, 2.45) is 0 Å². The van der Waals surface area contributed by atoms with E-state index in [1.54, 1.807) is 6.07 Å². The average Bonchev–Trinajstić information content (AvgIpc) is 2.90. The molecule has 0 bridgehead atoms. The largest absolute Gasteiger partial charge is 0.507 e. The minimum Gasteiger partial charge on any atom is -0.507 e. The summed E-state index contributed by atoms with van der Waals surface area (Å²) >= 11 is 0. The maximum Gasteiger partial charge on any atom is 0.124 e. The van der Waals surface area contributed by atoms with E-state index in [9.17, 15) is 5.11 Å². The number of hydrogen-bond donors (Lipinski definition) is 1. The quantitative estimate of drug-likeness (QED) is 0.719. The summed E-state index contributed by atoms with van der Waals surface area (Å²) in [5.41, 5.74) is 3.62. The van der Waals surface area contributed by atoms with Crippen molar-refractivity contribution < 1.29 is 5.11 Å². The monoisotopic (exact) mass is 281 g/mol. The van der Waals surface area contributed by atoms with Gasteiger partial charge < -0.3 is 9.67 Å². The normalized spacial score (nSPS) is 10.2. The summed E-state index contributed by atoms with van der Waals surface area (Å²) in [6, 6.07) is 18.2. The van der Waals surface area contributed by atoms with Crippen molar-refractivity contribution in [2.75, 3.05) is 0 Å². The number of benzene rings is 2. The van der Waals surface area contributed by atoms with Crippen LogP contribution in [0.4, 0.5) is 0 Å². The number of rotatable bonds is 3. The molecule has 1 aromatic heterocycles. The molecule has 21 heavy (non-hydrogen) atoms. The number of hydrogen-bond acceptors (Lipinski definition) is 1. The molecule has 0 aliphatic carbocycles. The Balaban J connectivity index is 0.000000774. The van der Waals surface area contributed by atoms with Gasteiger partial charge in [-0.05, 0) is 30.2 Å². The highest BCUT2D eigenvalue weighted by Crippen LogP contribution is 2.28. The average molecular weight is 281 g/mol. The van der Waals surface area contributed by atoms with Gasteiger partial charge in [-0.2, -0.15) is 0 Å². The van der Waals surface area contributed by atoms with Crippen LogP contribution >= 0.6 is 0 Å². The summed E-state index contributed by atoms with van der Waals surface area (Å²) in [5.74, 6) is 0.360. The van der Waals surface area contributed by atoms with E-state index in [0.29, 0.717) is 5.75 Å². The lowest BCUT2D eigenvalue weighted by atomic mass is 10.2. The topological polar surface area (TPSA) is 25.2 Å². The van der Waals surface area contributed by atoms with Gasteiger partial charge in [-0.25, -0.2) is 0 Å². The van der Waals surface area contributed by atoms with Crippen LogP contribution in [-0.2, 0) is 13.0 Å². The first-order chi connectivity index (χ1) is 10.3. The highest BCUT2D eigenvalue weighted by molar-refractivity contribution is 5.87. The zero-order valence-corrected chi connectivity index (χ0v) is 13.0. The first-order valence-corrected chi connectivity index (χ1v) is 7.63. The van der Waals surface area contributed by atoms with E-state index in [1.807, 2.05) is 26.0 Å². The summed E-state index contributed by atoms with van der Waals surface area (Å²) in [6.45, 7) is 6.99. The van der Waals surface area contributed by atoms with Crippen molar-refractivity contribution >= 4 is 10.9 Å². The van der Waals surface area contributed by atoms with E-state index in [-0.39, 0.29) is 0 Å². The molecule has 3 aromatic rings. The molecule has 1 heterocycles. The van der Waals surface area contributed by atoms with Crippen LogP contribution in [0.25, 0.3) is 10.9 Å². The molecule has 0 unspecified atom stereocenters. The van der Waals surface area contributed by atoms with Gasteiger partial charge in [0, 0.05) is 17.6 Å². The second-order valence-corrected chi connectivity index (χ2v) is 4.77. The molecule has 0 saturated carbocycles. The van der Waals surface area contributed by atoms with Crippen LogP contribution in [0.1, 0.15) is 32.0 Å². The number of phenols is 1. The standard InChI is InChI=1S/C17H17NO.C2H6/c1-2-14-11-15-16(9-6-10-17(15)19)18(14)12-13-7-4-3-5-8-13;1-2/h3-11,19H,2,12H2,1H3;1-2H3. The van der Waals surface area contributed by atoms with Gasteiger partial charge in [0.15, 0.2) is 0 Å². The van der Waals surface area contributed by atoms with Crippen LogP contribution in [0.3, 0.4) is 0 Å². The van der Waals surface area contributed by atoms with Crippen LogP contribution < -0.4 is 0 Å². The molecule has 0 spiro atoms. The van der Waals surface area contributed by atoms with Gasteiger partial charge in [0.25, 0.3) is 0 Å². The fourth-order valence-corrected chi connectivity index (χ4v) is 2.57. The first-order valence-electron chi connectivity index (χ1n) is 7.63. The van der Waals surface area contributed by atoms with Crippen molar-refractivity contribution in [3.8, 4) is 5.75 Å². The highest BCUT2D eigenvalue weighted by atomic mass is 16.3. The smallest absolute Gasteiger partial charge is 0.124 e. The van der Waals surface area contributed by atoms with Crippen molar-refractivity contribution in [1.82, 2.24) is 4.57 Å². The Morgan fingerprint density at radius 1 is 0.952 bits per heavy atom. The van der Waals surface area contributed by atoms with Crippen molar-refractivity contribution in [2.45, 2.75) is 33.7 Å². The Morgan fingerprint density at radius 3 is 2.33 bits per heavy atom. The lowest BCUT2D eigenvalue weighted by Gasteiger charge is -2.10. The lowest BCUT2D eigenvalue weighted by Crippen LogP contribution is -2.03. The Kier molecular flexibility index (Phi) is 5.04. The third kappa shape index (κ3) is 3.10. The molecule has 0 atom stereocenters. The van der Waals surface area contributed by atoms with Crippen LogP contribution in [-0.4, -0.2) is 9.67 Å². The second kappa shape index (κ2) is 6.98. The van der Waals surface area contributed by atoms with Crippen molar-refractivity contribution in [3.63, 3.8) is 0 Å². The minimum absolute atomic E-state index is 0.360. The van der Waals surface area contributed by atoms with Gasteiger partial charge in [0.05, 0.1) is 5.52 Å². The number of aromatic hydroxyl groups is 1. The van der Waals surface area contributed by atoms with Gasteiger partial charge in [0.1, 0.15) is 5.75 Å². The predicted octanol–water partition coefficient (Wildman–Crippen LogP) is 4.98. The molecular formula is C19H23NO. The molecule has 1 N–H and O–H groups in total. The van der Waals surface area contributed by atoms with E-state index in [1.165, 1.54) is 11.3 Å². The zero-order chi connectivity index (χ0) is 15.2. The molecule has 0 amide bonds. The van der Waals surface area contributed by atoms with Gasteiger partial charge in [0.2, 0.25) is 0 Å². The fraction of sp³-hybridized carbons (Fsp3) is 0.263. The molecule has 0 fully saturated rings. The summed E-state index contributed by atoms with van der Waals surface area (Å²) in [7, 11) is 0. The van der Waals surface area contributed by atoms with Gasteiger partial charge in [-0.1, -0.05) is 57.2 Å². The summed E-state index contributed by atoms with van der Waals surface area (Å²) < 4.78 is 2.28. The van der Waals surface area contributed by atoms with E-state index in [2.05, 4.69) is 47.9 Å². The van der Waals surface area contributed by atoms with E-state index < -0.39 is 0 Å². The molecule has 0 aliphatic rings. The second-order valence-electron chi connectivity index (χ2n) is 4.77. The van der Waals surface area contributed by atoms with E-state index >= 15 is 0 Å². The molecule has 0 saturated heterocycles. The Labute approximate surface area is 126 Å². The number of aryl methyl sites for hydroxylation is 1. The molecule has 2 nitrogen and oxygen atoms in total. The SMILES string of the molecule is CC.CCc1cc2c(O)cccc2n1Cc1ccccc1. The van der Waals surface area contributed by atoms with Crippen molar-refractivity contribution in [1.29, 1.82) is 0 Å². The summed E-state index contributed by atoms with van der Waals surface area (Å²) in [5, 5.41) is 10.9. The van der Waals surface area contributed by atoms with Crippen LogP contribution in [0.2, 0.25) is 0 Å². The van der Waals surface area contributed by atoms with Crippen LogP contribution in [0.15, 0.2) is 54.6 Å². The Bertz CT molecular complexity index is 698. The van der Waals surface area contributed by atoms with Crippen molar-refractivity contribution in [3.05, 3.63) is 65.9 Å². The predicted molar refractivity (Wildman–Crippen MR) is 89.9 cm³/mol. The van der Waals surface area contributed by atoms with E-state index in [0.717, 1.165) is 23.9 Å². The molecule has 0 aliphatic heterocycles. The molecule has 110 valence electrons. The molecule has 3 rings (SSSR count). The maximum atomic E-state index is 9.96. The molecule has 2 aromatic carbocycles. The summed E-state index contributed by atoms with van der Waals surface area (Å²) in [4.78, 5) is 0. The maximum absolute atomic E-state index is 9.96. The highest BCUT2D eigenvalue weighted by Gasteiger charge is 2.10. The Hall–Kier alpha value is -2.22. The molecule has 2 heteroatoms. The number of nitrogens with zero attached hydrogens (tertiary/aromatic N) is 1. The van der Waals surface area contributed by atoms with Gasteiger partial charge in [-0.3, -0.25) is 0 Å². The molecular weight excluding hydrogens is 258 g/mol. The third-order valence-corrected chi connectivity index (χ3v) is 3.55. The third-order valence-electron chi connectivity index (χ3n) is 3.55. The Morgan fingerprint density at radius 2 is 1.67 bits per heavy atom. The summed E-state index contributed by atoms with van der Waals surface area (Å²) in [6.07, 6.45) is 0.959.